The molecule has 0 fully saturated rings. The number of thiazole rings is 1. The Bertz CT molecular complexity index is 557. The molecule has 2 N–H and O–H groups in total. The van der Waals surface area contributed by atoms with Crippen LogP contribution >= 0.6 is 36.2 Å². The highest BCUT2D eigenvalue weighted by molar-refractivity contribution is 7.09. The summed E-state index contributed by atoms with van der Waals surface area (Å²) in [4.78, 5) is 15.8. The zero-order valence-corrected chi connectivity index (χ0v) is 14.3. The van der Waals surface area contributed by atoms with E-state index in [-0.39, 0.29) is 30.7 Å². The average molecular weight is 352 g/mol. The van der Waals surface area contributed by atoms with Crippen LogP contribution in [-0.2, 0) is 11.3 Å². The second-order valence-corrected chi connectivity index (χ2v) is 5.21. The fourth-order valence-corrected chi connectivity index (χ4v) is 2.20. The van der Waals surface area contributed by atoms with Gasteiger partial charge in [0, 0.05) is 18.3 Å². The molecule has 0 unspecified atom stereocenters. The zero-order chi connectivity index (χ0) is 13.7. The Kier molecular flexibility index (Phi) is 9.28. The Morgan fingerprint density at radius 1 is 1.38 bits per heavy atom. The molecule has 0 aliphatic rings. The standard InChI is InChI=1S/C13H17N3O2S.2ClH/c1-9-16-11(8-19-9)12-4-3-10(18-12)7-15-13(17)5-6-14-2;;/h3-4,8,14H,5-7H2,1-2H3,(H,15,17);2*1H. The lowest BCUT2D eigenvalue weighted by Crippen LogP contribution is -2.25. The van der Waals surface area contributed by atoms with Crippen LogP contribution in [0.3, 0.4) is 0 Å². The summed E-state index contributed by atoms with van der Waals surface area (Å²) in [5.41, 5.74) is 0.843. The van der Waals surface area contributed by atoms with Gasteiger partial charge < -0.3 is 15.1 Å². The third-order valence-corrected chi connectivity index (χ3v) is 3.37. The van der Waals surface area contributed by atoms with Crippen LogP contribution in [0, 0.1) is 6.92 Å². The van der Waals surface area contributed by atoms with Gasteiger partial charge in [0.25, 0.3) is 0 Å². The number of halogens is 2. The number of nitrogens with one attached hydrogen (secondary N) is 2. The van der Waals surface area contributed by atoms with Crippen LogP contribution in [0.5, 0.6) is 0 Å². The van der Waals surface area contributed by atoms with E-state index < -0.39 is 0 Å². The fraction of sp³-hybridized carbons (Fsp3) is 0.385. The molecule has 0 spiro atoms. The van der Waals surface area contributed by atoms with E-state index in [2.05, 4.69) is 15.6 Å². The summed E-state index contributed by atoms with van der Waals surface area (Å²) in [7, 11) is 1.82. The lowest BCUT2D eigenvalue weighted by Gasteiger charge is -2.02. The molecule has 0 saturated heterocycles. The van der Waals surface area contributed by atoms with Crippen molar-refractivity contribution in [1.82, 2.24) is 15.6 Å². The summed E-state index contributed by atoms with van der Waals surface area (Å²) in [6, 6.07) is 3.74. The maximum atomic E-state index is 11.5. The van der Waals surface area contributed by atoms with Crippen LogP contribution in [-0.4, -0.2) is 24.5 Å². The van der Waals surface area contributed by atoms with Crippen LogP contribution in [0.25, 0.3) is 11.5 Å². The van der Waals surface area contributed by atoms with Gasteiger partial charge in [0.2, 0.25) is 5.91 Å². The van der Waals surface area contributed by atoms with E-state index in [4.69, 9.17) is 4.42 Å². The minimum atomic E-state index is 0. The molecular formula is C13H19Cl2N3O2S. The van der Waals surface area contributed by atoms with E-state index in [0.29, 0.717) is 19.5 Å². The first-order valence-electron chi connectivity index (χ1n) is 6.11. The Labute approximate surface area is 140 Å². The second kappa shape index (κ2) is 9.78. The number of carbonyl (C=O) groups is 1. The van der Waals surface area contributed by atoms with Crippen molar-refractivity contribution in [3.05, 3.63) is 28.3 Å². The maximum Gasteiger partial charge on any atom is 0.221 e. The van der Waals surface area contributed by atoms with Gasteiger partial charge in [-0.25, -0.2) is 4.98 Å². The van der Waals surface area contributed by atoms with Gasteiger partial charge in [0.15, 0.2) is 5.76 Å². The molecule has 0 aromatic carbocycles. The van der Waals surface area contributed by atoms with Crippen molar-refractivity contribution < 1.29 is 9.21 Å². The summed E-state index contributed by atoms with van der Waals surface area (Å²) in [6.07, 6.45) is 0.468. The van der Waals surface area contributed by atoms with Gasteiger partial charge in [-0.2, -0.15) is 0 Å². The molecular weight excluding hydrogens is 333 g/mol. The zero-order valence-electron chi connectivity index (χ0n) is 11.8. The number of hydrogen-bond acceptors (Lipinski definition) is 5. The summed E-state index contributed by atoms with van der Waals surface area (Å²) in [5, 5.41) is 8.72. The van der Waals surface area contributed by atoms with Crippen LogP contribution in [0.2, 0.25) is 0 Å². The van der Waals surface area contributed by atoms with E-state index in [1.807, 2.05) is 31.5 Å². The Balaban J connectivity index is 0.00000200. The number of aryl methyl sites for hydroxylation is 1. The van der Waals surface area contributed by atoms with E-state index >= 15 is 0 Å². The molecule has 8 heteroatoms. The van der Waals surface area contributed by atoms with E-state index in [1.54, 1.807) is 11.3 Å². The molecule has 2 aromatic heterocycles. The maximum absolute atomic E-state index is 11.5. The van der Waals surface area contributed by atoms with E-state index in [9.17, 15) is 4.79 Å². The van der Waals surface area contributed by atoms with Gasteiger partial charge >= 0.3 is 0 Å². The minimum absolute atomic E-state index is 0. The van der Waals surface area contributed by atoms with Crippen molar-refractivity contribution in [3.8, 4) is 11.5 Å². The van der Waals surface area contributed by atoms with Gasteiger partial charge in [-0.05, 0) is 26.1 Å². The van der Waals surface area contributed by atoms with Crippen molar-refractivity contribution in [2.75, 3.05) is 13.6 Å². The lowest BCUT2D eigenvalue weighted by molar-refractivity contribution is -0.121. The Hall–Kier alpha value is -1.08. The first kappa shape index (κ1) is 19.9. The number of rotatable bonds is 6. The number of amides is 1. The van der Waals surface area contributed by atoms with Gasteiger partial charge in [-0.1, -0.05) is 0 Å². The molecule has 0 saturated carbocycles. The monoisotopic (exact) mass is 351 g/mol. The van der Waals surface area contributed by atoms with Crippen molar-refractivity contribution in [2.45, 2.75) is 19.9 Å². The highest BCUT2D eigenvalue weighted by Gasteiger charge is 2.08. The normalized spacial score (nSPS) is 9.62. The Morgan fingerprint density at radius 3 is 2.76 bits per heavy atom. The molecule has 21 heavy (non-hydrogen) atoms. The number of furan rings is 1. The molecule has 2 aromatic rings. The highest BCUT2D eigenvalue weighted by Crippen LogP contribution is 2.23. The molecule has 2 rings (SSSR count). The van der Waals surface area contributed by atoms with E-state index in [0.717, 1.165) is 22.2 Å². The Morgan fingerprint density at radius 2 is 2.14 bits per heavy atom. The molecule has 0 aliphatic heterocycles. The summed E-state index contributed by atoms with van der Waals surface area (Å²) in [6.45, 7) is 3.04. The molecule has 1 amide bonds. The van der Waals surface area contributed by atoms with Crippen molar-refractivity contribution in [2.24, 2.45) is 0 Å². The smallest absolute Gasteiger partial charge is 0.221 e. The number of carbonyl (C=O) groups excluding carboxylic acids is 1. The van der Waals surface area contributed by atoms with Gasteiger partial charge in [-0.15, -0.1) is 36.2 Å². The van der Waals surface area contributed by atoms with Crippen molar-refractivity contribution in [1.29, 1.82) is 0 Å². The SMILES string of the molecule is CNCCC(=O)NCc1ccc(-c2csc(C)n2)o1.Cl.Cl. The summed E-state index contributed by atoms with van der Waals surface area (Å²) >= 11 is 1.59. The van der Waals surface area contributed by atoms with Crippen LogP contribution in [0.1, 0.15) is 17.2 Å². The number of nitrogens with zero attached hydrogens (tertiary/aromatic N) is 1. The van der Waals surface area contributed by atoms with E-state index in [1.165, 1.54) is 0 Å². The minimum Gasteiger partial charge on any atom is -0.458 e. The largest absolute Gasteiger partial charge is 0.458 e. The molecule has 118 valence electrons. The number of aromatic nitrogens is 1. The predicted octanol–water partition coefficient (Wildman–Crippen LogP) is 2.78. The molecule has 0 bridgehead atoms. The molecule has 0 radical (unpaired) electrons. The van der Waals surface area contributed by atoms with Crippen molar-refractivity contribution >= 4 is 42.1 Å². The topological polar surface area (TPSA) is 67.2 Å². The lowest BCUT2D eigenvalue weighted by atomic mass is 10.3. The predicted molar refractivity (Wildman–Crippen MR) is 89.4 cm³/mol. The highest BCUT2D eigenvalue weighted by atomic mass is 35.5. The fourth-order valence-electron chi connectivity index (χ4n) is 1.60. The quantitative estimate of drug-likeness (QED) is 0.839. The third-order valence-electron chi connectivity index (χ3n) is 2.59. The molecule has 5 nitrogen and oxygen atoms in total. The van der Waals surface area contributed by atoms with Gasteiger partial charge in [-0.3, -0.25) is 4.79 Å². The van der Waals surface area contributed by atoms with Crippen LogP contribution in [0.4, 0.5) is 0 Å². The third kappa shape index (κ3) is 6.05. The number of hydrogen-bond donors (Lipinski definition) is 2. The van der Waals surface area contributed by atoms with Gasteiger partial charge in [0.05, 0.1) is 11.6 Å². The molecule has 0 atom stereocenters. The molecule has 2 heterocycles. The average Bonchev–Trinajstić information content (AvgIpc) is 3.02. The van der Waals surface area contributed by atoms with Crippen LogP contribution < -0.4 is 10.6 Å². The van der Waals surface area contributed by atoms with Crippen LogP contribution in [0.15, 0.2) is 21.9 Å². The second-order valence-electron chi connectivity index (χ2n) is 4.15. The molecule has 0 aliphatic carbocycles. The van der Waals surface area contributed by atoms with Gasteiger partial charge in [0.1, 0.15) is 11.5 Å². The van der Waals surface area contributed by atoms with Crippen molar-refractivity contribution in [3.63, 3.8) is 0 Å². The summed E-state index contributed by atoms with van der Waals surface area (Å²) in [5.74, 6) is 1.49. The first-order chi connectivity index (χ1) is 9.19. The summed E-state index contributed by atoms with van der Waals surface area (Å²) < 4.78 is 5.65. The first-order valence-corrected chi connectivity index (χ1v) is 6.99.